The molecule has 23 heavy (non-hydrogen) atoms. The number of aryl methyl sites for hydroxylation is 1. The number of hydrogen-bond acceptors (Lipinski definition) is 3. The van der Waals surface area contributed by atoms with Crippen LogP contribution in [0.3, 0.4) is 0 Å². The highest BCUT2D eigenvalue weighted by Crippen LogP contribution is 2.49. The van der Waals surface area contributed by atoms with Crippen LogP contribution in [0.2, 0.25) is 0 Å². The molecule has 4 heteroatoms. The molecule has 124 valence electrons. The molecule has 0 aromatic heterocycles. The number of anilines is 1. The van der Waals surface area contributed by atoms with Crippen LogP contribution in [0.15, 0.2) is 12.1 Å². The van der Waals surface area contributed by atoms with Crippen LogP contribution in [-0.2, 0) is 11.2 Å². The molecule has 3 aliphatic rings. The standard InChI is InChI=1S/C19H25NO3/c1-2-3-14-8-17-18(23-11-22-17)10-16(14)20-19(21)9-15-7-12-4-5-13(15)6-12/h8,10,12-13,15H,2-7,9,11H2,1H3,(H,20,21)/t12-,13-,15+/m0/s1. The van der Waals surface area contributed by atoms with Crippen LogP contribution in [0.1, 0.15) is 51.0 Å². The minimum absolute atomic E-state index is 0.152. The van der Waals surface area contributed by atoms with E-state index < -0.39 is 0 Å². The van der Waals surface area contributed by atoms with Crippen LogP contribution in [0.4, 0.5) is 5.69 Å². The molecule has 1 amide bonds. The van der Waals surface area contributed by atoms with Crippen LogP contribution in [0.25, 0.3) is 0 Å². The molecule has 1 N–H and O–H groups in total. The van der Waals surface area contributed by atoms with Crippen molar-refractivity contribution in [1.82, 2.24) is 0 Å². The van der Waals surface area contributed by atoms with Crippen molar-refractivity contribution < 1.29 is 14.3 Å². The van der Waals surface area contributed by atoms with Crippen LogP contribution < -0.4 is 14.8 Å². The summed E-state index contributed by atoms with van der Waals surface area (Å²) in [4.78, 5) is 12.5. The predicted octanol–water partition coefficient (Wildman–Crippen LogP) is 4.13. The second kappa shape index (κ2) is 6.06. The number of nitrogens with one attached hydrogen (secondary N) is 1. The van der Waals surface area contributed by atoms with Crippen molar-refractivity contribution in [2.24, 2.45) is 17.8 Å². The lowest BCUT2D eigenvalue weighted by molar-refractivity contribution is -0.117. The Morgan fingerprint density at radius 2 is 2.04 bits per heavy atom. The van der Waals surface area contributed by atoms with Crippen LogP contribution >= 0.6 is 0 Å². The minimum atomic E-state index is 0.152. The molecule has 0 saturated heterocycles. The molecular formula is C19H25NO3. The third kappa shape index (κ3) is 2.91. The van der Waals surface area contributed by atoms with Gasteiger partial charge in [-0.2, -0.15) is 0 Å². The van der Waals surface area contributed by atoms with Gasteiger partial charge in [-0.15, -0.1) is 0 Å². The summed E-state index contributed by atoms with van der Waals surface area (Å²) in [7, 11) is 0. The van der Waals surface area contributed by atoms with Crippen molar-refractivity contribution >= 4 is 11.6 Å². The highest BCUT2D eigenvalue weighted by atomic mass is 16.7. The smallest absolute Gasteiger partial charge is 0.231 e. The van der Waals surface area contributed by atoms with E-state index in [2.05, 4.69) is 12.2 Å². The van der Waals surface area contributed by atoms with Gasteiger partial charge in [-0.25, -0.2) is 0 Å². The Hall–Kier alpha value is -1.71. The highest BCUT2D eigenvalue weighted by molar-refractivity contribution is 5.92. The van der Waals surface area contributed by atoms with Gasteiger partial charge in [0.05, 0.1) is 0 Å². The van der Waals surface area contributed by atoms with Crippen molar-refractivity contribution in [1.29, 1.82) is 0 Å². The van der Waals surface area contributed by atoms with Gasteiger partial charge >= 0.3 is 0 Å². The van der Waals surface area contributed by atoms with Gasteiger partial charge in [0.1, 0.15) is 0 Å². The number of benzene rings is 1. The topological polar surface area (TPSA) is 47.6 Å². The average molecular weight is 315 g/mol. The summed E-state index contributed by atoms with van der Waals surface area (Å²) in [6.07, 6.45) is 7.94. The molecule has 4 nitrogen and oxygen atoms in total. The van der Waals surface area contributed by atoms with E-state index in [1.54, 1.807) is 0 Å². The van der Waals surface area contributed by atoms with Crippen molar-refractivity contribution in [2.75, 3.05) is 12.1 Å². The Morgan fingerprint density at radius 1 is 1.22 bits per heavy atom. The normalized spacial score (nSPS) is 27.4. The number of fused-ring (bicyclic) bond motifs is 3. The third-order valence-electron chi connectivity index (χ3n) is 5.72. The summed E-state index contributed by atoms with van der Waals surface area (Å²) in [6, 6.07) is 3.94. The molecule has 3 atom stereocenters. The van der Waals surface area contributed by atoms with E-state index in [1.807, 2.05) is 12.1 Å². The fourth-order valence-corrected chi connectivity index (χ4v) is 4.64. The second-order valence-electron chi connectivity index (χ2n) is 7.30. The molecule has 0 spiro atoms. The first-order chi connectivity index (χ1) is 11.2. The maximum Gasteiger partial charge on any atom is 0.231 e. The number of rotatable bonds is 5. The van der Waals surface area contributed by atoms with Gasteiger partial charge in [-0.05, 0) is 55.1 Å². The lowest BCUT2D eigenvalue weighted by Crippen LogP contribution is -2.20. The predicted molar refractivity (Wildman–Crippen MR) is 88.7 cm³/mol. The Labute approximate surface area is 137 Å². The quantitative estimate of drug-likeness (QED) is 0.888. The summed E-state index contributed by atoms with van der Waals surface area (Å²) in [6.45, 7) is 2.41. The number of ether oxygens (including phenoxy) is 2. The van der Waals surface area contributed by atoms with Gasteiger partial charge in [0.15, 0.2) is 11.5 Å². The lowest BCUT2D eigenvalue weighted by atomic mass is 9.86. The first-order valence-corrected chi connectivity index (χ1v) is 8.95. The first kappa shape index (κ1) is 14.9. The second-order valence-corrected chi connectivity index (χ2v) is 7.30. The van der Waals surface area contributed by atoms with Crippen LogP contribution in [0, 0.1) is 17.8 Å². The summed E-state index contributed by atoms with van der Waals surface area (Å²) in [5.74, 6) is 3.95. The molecule has 2 bridgehead atoms. The highest BCUT2D eigenvalue weighted by Gasteiger charge is 2.40. The third-order valence-corrected chi connectivity index (χ3v) is 5.72. The molecule has 0 unspecified atom stereocenters. The molecular weight excluding hydrogens is 290 g/mol. The number of carbonyl (C=O) groups excluding carboxylic acids is 1. The zero-order valence-corrected chi connectivity index (χ0v) is 13.8. The summed E-state index contributed by atoms with van der Waals surface area (Å²) in [5.41, 5.74) is 2.03. The average Bonchev–Trinajstić information content (AvgIpc) is 3.23. The Kier molecular flexibility index (Phi) is 3.92. The molecule has 2 fully saturated rings. The van der Waals surface area contributed by atoms with E-state index >= 15 is 0 Å². The molecule has 2 aliphatic carbocycles. The van der Waals surface area contributed by atoms with E-state index in [9.17, 15) is 4.79 Å². The molecule has 1 aromatic carbocycles. The van der Waals surface area contributed by atoms with Gasteiger partial charge in [-0.3, -0.25) is 4.79 Å². The van der Waals surface area contributed by atoms with Crippen molar-refractivity contribution in [2.45, 2.75) is 51.9 Å². The molecule has 1 aromatic rings. The van der Waals surface area contributed by atoms with E-state index in [4.69, 9.17) is 9.47 Å². The number of hydrogen-bond donors (Lipinski definition) is 1. The zero-order valence-electron chi connectivity index (χ0n) is 13.8. The van der Waals surface area contributed by atoms with Gasteiger partial charge < -0.3 is 14.8 Å². The number of carbonyl (C=O) groups is 1. The van der Waals surface area contributed by atoms with Crippen molar-refractivity contribution in [3.05, 3.63) is 17.7 Å². The fourth-order valence-electron chi connectivity index (χ4n) is 4.64. The summed E-state index contributed by atoms with van der Waals surface area (Å²) < 4.78 is 10.9. The van der Waals surface area contributed by atoms with Gasteiger partial charge in [0.2, 0.25) is 12.7 Å². The molecule has 2 saturated carbocycles. The zero-order chi connectivity index (χ0) is 15.8. The van der Waals surface area contributed by atoms with E-state index in [0.717, 1.165) is 47.4 Å². The fraction of sp³-hybridized carbons (Fsp3) is 0.632. The largest absolute Gasteiger partial charge is 0.454 e. The van der Waals surface area contributed by atoms with Gasteiger partial charge in [0, 0.05) is 18.2 Å². The SMILES string of the molecule is CCCc1cc2c(cc1NC(=O)C[C@H]1C[C@H]3CC[C@H]1C3)OCO2. The minimum Gasteiger partial charge on any atom is -0.454 e. The van der Waals surface area contributed by atoms with E-state index in [0.29, 0.717) is 12.3 Å². The van der Waals surface area contributed by atoms with E-state index in [-0.39, 0.29) is 12.7 Å². The Bertz CT molecular complexity index is 613. The summed E-state index contributed by atoms with van der Waals surface area (Å²) in [5, 5.41) is 3.14. The molecule has 1 aliphatic heterocycles. The molecule has 0 radical (unpaired) electrons. The number of amides is 1. The van der Waals surface area contributed by atoms with E-state index in [1.165, 1.54) is 25.7 Å². The first-order valence-electron chi connectivity index (χ1n) is 8.95. The summed E-state index contributed by atoms with van der Waals surface area (Å²) >= 11 is 0. The van der Waals surface area contributed by atoms with Crippen LogP contribution in [-0.4, -0.2) is 12.7 Å². The molecule has 1 heterocycles. The maximum atomic E-state index is 12.5. The Morgan fingerprint density at radius 3 is 2.74 bits per heavy atom. The van der Waals surface area contributed by atoms with Gasteiger partial charge in [-0.1, -0.05) is 19.8 Å². The Balaban J connectivity index is 1.46. The monoisotopic (exact) mass is 315 g/mol. The van der Waals surface area contributed by atoms with Crippen molar-refractivity contribution in [3.63, 3.8) is 0 Å². The maximum absolute atomic E-state index is 12.5. The van der Waals surface area contributed by atoms with Crippen molar-refractivity contribution in [3.8, 4) is 11.5 Å². The van der Waals surface area contributed by atoms with Gasteiger partial charge in [0.25, 0.3) is 0 Å². The molecule has 4 rings (SSSR count). The lowest BCUT2D eigenvalue weighted by Gasteiger charge is -2.21. The van der Waals surface area contributed by atoms with Crippen LogP contribution in [0.5, 0.6) is 11.5 Å².